The largest absolute Gasteiger partial charge is 0.271 e. The molecule has 3 N–H and O–H groups in total. The molecule has 2 rings (SSSR count). The first-order chi connectivity index (χ1) is 10.1. The Morgan fingerprint density at radius 2 is 1.86 bits per heavy atom. The summed E-state index contributed by atoms with van der Waals surface area (Å²) in [5, 5.41) is 0. The SMILES string of the molecule is NNC(CSc1ccc(Br)cc1)Cc1ccc(F)cc1F. The highest BCUT2D eigenvalue weighted by molar-refractivity contribution is 9.10. The Bertz CT molecular complexity index is 593. The molecule has 0 bridgehead atoms. The quantitative estimate of drug-likeness (QED) is 0.458. The number of hydrogen-bond donors (Lipinski definition) is 2. The number of hydrazine groups is 1. The van der Waals surface area contributed by atoms with Gasteiger partial charge in [0.25, 0.3) is 0 Å². The number of rotatable bonds is 6. The van der Waals surface area contributed by atoms with Crippen LogP contribution in [-0.4, -0.2) is 11.8 Å². The van der Waals surface area contributed by atoms with E-state index in [1.54, 1.807) is 11.8 Å². The van der Waals surface area contributed by atoms with E-state index < -0.39 is 11.6 Å². The van der Waals surface area contributed by atoms with Crippen LogP contribution in [0.15, 0.2) is 51.8 Å². The lowest BCUT2D eigenvalue weighted by atomic mass is 10.1. The van der Waals surface area contributed by atoms with E-state index >= 15 is 0 Å². The predicted molar refractivity (Wildman–Crippen MR) is 86.0 cm³/mol. The van der Waals surface area contributed by atoms with Crippen LogP contribution in [0, 0.1) is 11.6 Å². The van der Waals surface area contributed by atoms with Gasteiger partial charge in [-0.1, -0.05) is 22.0 Å². The van der Waals surface area contributed by atoms with Gasteiger partial charge in [-0.05, 0) is 42.3 Å². The second kappa shape index (κ2) is 7.89. The molecule has 1 atom stereocenters. The van der Waals surface area contributed by atoms with E-state index in [1.165, 1.54) is 12.1 Å². The van der Waals surface area contributed by atoms with Gasteiger partial charge in [-0.2, -0.15) is 0 Å². The van der Waals surface area contributed by atoms with Crippen LogP contribution in [0.3, 0.4) is 0 Å². The number of nitrogens with one attached hydrogen (secondary N) is 1. The summed E-state index contributed by atoms with van der Waals surface area (Å²) in [5.74, 6) is 5.10. The molecule has 0 aliphatic heterocycles. The molecule has 112 valence electrons. The zero-order chi connectivity index (χ0) is 15.2. The maximum Gasteiger partial charge on any atom is 0.129 e. The molecule has 0 radical (unpaired) electrons. The van der Waals surface area contributed by atoms with Gasteiger partial charge in [-0.3, -0.25) is 11.3 Å². The summed E-state index contributed by atoms with van der Waals surface area (Å²) in [6, 6.07) is 11.4. The van der Waals surface area contributed by atoms with Crippen LogP contribution >= 0.6 is 27.7 Å². The molecule has 0 fully saturated rings. The maximum atomic E-state index is 13.6. The van der Waals surface area contributed by atoms with E-state index in [2.05, 4.69) is 21.4 Å². The van der Waals surface area contributed by atoms with Crippen molar-refractivity contribution in [1.29, 1.82) is 0 Å². The normalized spacial score (nSPS) is 12.4. The topological polar surface area (TPSA) is 38.0 Å². The van der Waals surface area contributed by atoms with Crippen molar-refractivity contribution in [3.05, 3.63) is 64.1 Å². The minimum Gasteiger partial charge on any atom is -0.271 e. The second-order valence-electron chi connectivity index (χ2n) is 4.57. The molecule has 0 heterocycles. The van der Waals surface area contributed by atoms with Gasteiger partial charge in [0.15, 0.2) is 0 Å². The number of halogens is 3. The maximum absolute atomic E-state index is 13.6. The van der Waals surface area contributed by atoms with E-state index in [1.807, 2.05) is 24.3 Å². The van der Waals surface area contributed by atoms with Crippen molar-refractivity contribution >= 4 is 27.7 Å². The van der Waals surface area contributed by atoms with Crippen LogP contribution in [0.25, 0.3) is 0 Å². The lowest BCUT2D eigenvalue weighted by Gasteiger charge is -2.16. The standard InChI is InChI=1S/C15H15BrF2N2S/c16-11-2-5-14(6-3-11)21-9-13(20-19)7-10-1-4-12(17)8-15(10)18/h1-6,8,13,20H,7,9,19H2. The van der Waals surface area contributed by atoms with Crippen molar-refractivity contribution in [2.75, 3.05) is 5.75 Å². The van der Waals surface area contributed by atoms with Gasteiger partial charge in [0.05, 0.1) is 0 Å². The Balaban J connectivity index is 1.95. The minimum atomic E-state index is -0.572. The zero-order valence-electron chi connectivity index (χ0n) is 11.2. The van der Waals surface area contributed by atoms with Crippen molar-refractivity contribution < 1.29 is 8.78 Å². The lowest BCUT2D eigenvalue weighted by Crippen LogP contribution is -2.38. The molecule has 1 unspecified atom stereocenters. The van der Waals surface area contributed by atoms with Crippen LogP contribution in [0.2, 0.25) is 0 Å². The Labute approximate surface area is 135 Å². The molecule has 0 aliphatic carbocycles. The first-order valence-corrected chi connectivity index (χ1v) is 8.15. The summed E-state index contributed by atoms with van der Waals surface area (Å²) >= 11 is 5.01. The Morgan fingerprint density at radius 3 is 2.48 bits per heavy atom. The monoisotopic (exact) mass is 372 g/mol. The summed E-state index contributed by atoms with van der Waals surface area (Å²) in [6.07, 6.45) is 0.409. The molecule has 6 heteroatoms. The van der Waals surface area contributed by atoms with Gasteiger partial charge in [0, 0.05) is 27.2 Å². The summed E-state index contributed by atoms with van der Waals surface area (Å²) in [6.45, 7) is 0. The summed E-state index contributed by atoms with van der Waals surface area (Å²) in [4.78, 5) is 1.11. The smallest absolute Gasteiger partial charge is 0.129 e. The zero-order valence-corrected chi connectivity index (χ0v) is 13.6. The molecular formula is C15H15BrF2N2S. The van der Waals surface area contributed by atoms with Crippen molar-refractivity contribution in [1.82, 2.24) is 5.43 Å². The van der Waals surface area contributed by atoms with Gasteiger partial charge in [0.2, 0.25) is 0 Å². The first-order valence-electron chi connectivity index (χ1n) is 6.37. The number of hydrogen-bond acceptors (Lipinski definition) is 3. The molecule has 0 aromatic heterocycles. The third-order valence-electron chi connectivity index (χ3n) is 2.98. The highest BCUT2D eigenvalue weighted by atomic mass is 79.9. The highest BCUT2D eigenvalue weighted by Crippen LogP contribution is 2.22. The van der Waals surface area contributed by atoms with Crippen molar-refractivity contribution in [2.45, 2.75) is 17.4 Å². The third kappa shape index (κ3) is 5.07. The fourth-order valence-electron chi connectivity index (χ4n) is 1.85. The molecular weight excluding hydrogens is 358 g/mol. The fraction of sp³-hybridized carbons (Fsp3) is 0.200. The third-order valence-corrected chi connectivity index (χ3v) is 4.69. The molecule has 0 aliphatic rings. The van der Waals surface area contributed by atoms with E-state index in [0.29, 0.717) is 17.7 Å². The van der Waals surface area contributed by atoms with Crippen molar-refractivity contribution in [3.8, 4) is 0 Å². The van der Waals surface area contributed by atoms with E-state index in [0.717, 1.165) is 15.4 Å². The number of benzene rings is 2. The molecule has 2 nitrogen and oxygen atoms in total. The van der Waals surface area contributed by atoms with Gasteiger partial charge in [-0.25, -0.2) is 8.78 Å². The molecule has 21 heavy (non-hydrogen) atoms. The predicted octanol–water partition coefficient (Wildman–Crippen LogP) is 3.89. The Hall–Kier alpha value is -0.950. The minimum absolute atomic E-state index is 0.0985. The second-order valence-corrected chi connectivity index (χ2v) is 6.58. The Morgan fingerprint density at radius 1 is 1.14 bits per heavy atom. The highest BCUT2D eigenvalue weighted by Gasteiger charge is 2.12. The van der Waals surface area contributed by atoms with Crippen molar-refractivity contribution in [2.24, 2.45) is 5.84 Å². The van der Waals surface area contributed by atoms with E-state index in [4.69, 9.17) is 5.84 Å². The van der Waals surface area contributed by atoms with Crippen LogP contribution in [0.4, 0.5) is 8.78 Å². The Kier molecular flexibility index (Phi) is 6.17. The average molecular weight is 373 g/mol. The van der Waals surface area contributed by atoms with Gasteiger partial charge >= 0.3 is 0 Å². The summed E-state index contributed by atoms with van der Waals surface area (Å²) in [5.41, 5.74) is 3.14. The molecule has 2 aromatic carbocycles. The number of thioether (sulfide) groups is 1. The van der Waals surface area contributed by atoms with Crippen LogP contribution in [-0.2, 0) is 6.42 Å². The number of nitrogens with two attached hydrogens (primary N) is 1. The van der Waals surface area contributed by atoms with Gasteiger partial charge in [-0.15, -0.1) is 11.8 Å². The molecule has 0 saturated carbocycles. The summed E-state index contributed by atoms with van der Waals surface area (Å²) < 4.78 is 27.5. The van der Waals surface area contributed by atoms with Gasteiger partial charge in [0.1, 0.15) is 11.6 Å². The van der Waals surface area contributed by atoms with Crippen LogP contribution < -0.4 is 11.3 Å². The van der Waals surface area contributed by atoms with Crippen LogP contribution in [0.5, 0.6) is 0 Å². The van der Waals surface area contributed by atoms with E-state index in [-0.39, 0.29) is 6.04 Å². The average Bonchev–Trinajstić information content (AvgIpc) is 2.47. The van der Waals surface area contributed by atoms with Crippen LogP contribution in [0.1, 0.15) is 5.56 Å². The van der Waals surface area contributed by atoms with E-state index in [9.17, 15) is 8.78 Å². The fourth-order valence-corrected chi connectivity index (χ4v) is 3.05. The lowest BCUT2D eigenvalue weighted by molar-refractivity contribution is 0.536. The van der Waals surface area contributed by atoms with Crippen molar-refractivity contribution in [3.63, 3.8) is 0 Å². The molecule has 0 spiro atoms. The molecule has 2 aromatic rings. The molecule has 0 amide bonds. The summed E-state index contributed by atoms with van der Waals surface area (Å²) in [7, 11) is 0. The van der Waals surface area contributed by atoms with Gasteiger partial charge < -0.3 is 0 Å². The molecule has 0 saturated heterocycles. The first kappa shape index (κ1) is 16.4.